The van der Waals surface area contributed by atoms with E-state index < -0.39 is 10.0 Å². The first-order valence-corrected chi connectivity index (χ1v) is 9.56. The van der Waals surface area contributed by atoms with Crippen molar-refractivity contribution in [3.8, 4) is 5.75 Å². The molecule has 0 aliphatic heterocycles. The van der Waals surface area contributed by atoms with Crippen molar-refractivity contribution in [1.29, 1.82) is 0 Å². The molecule has 0 saturated heterocycles. The second kappa shape index (κ2) is 9.99. The monoisotopic (exact) mass is 404 g/mol. The van der Waals surface area contributed by atoms with E-state index in [1.807, 2.05) is 25.1 Å². The molecule has 2 aromatic carbocycles. The van der Waals surface area contributed by atoms with E-state index in [1.165, 1.54) is 12.1 Å². The topological polar surface area (TPSA) is 81.4 Å². The number of nitrogens with two attached hydrogens (primary N) is 1. The minimum Gasteiger partial charge on any atom is -0.494 e. The second-order valence-electron chi connectivity index (χ2n) is 5.30. The quantitative estimate of drug-likeness (QED) is 0.662. The Hall–Kier alpha value is -1.31. The Balaban J connectivity index is 0.00000312. The smallest absolute Gasteiger partial charge is 0.238 e. The van der Waals surface area contributed by atoms with Gasteiger partial charge in [0.05, 0.1) is 11.5 Å². The lowest BCUT2D eigenvalue weighted by Crippen LogP contribution is -2.17. The maximum absolute atomic E-state index is 11.2. The number of nitrogens with one attached hydrogen (secondary N) is 1. The van der Waals surface area contributed by atoms with Crippen molar-refractivity contribution < 1.29 is 13.2 Å². The molecule has 0 unspecified atom stereocenters. The van der Waals surface area contributed by atoms with E-state index in [9.17, 15) is 8.42 Å². The molecule has 0 aliphatic carbocycles. The molecule has 0 spiro atoms. The second-order valence-corrected chi connectivity index (χ2v) is 7.30. The van der Waals surface area contributed by atoms with Crippen LogP contribution >= 0.6 is 24.0 Å². The van der Waals surface area contributed by atoms with Crippen molar-refractivity contribution in [3.05, 3.63) is 58.6 Å². The van der Waals surface area contributed by atoms with Gasteiger partial charge in [-0.3, -0.25) is 0 Å². The first-order valence-electron chi connectivity index (χ1n) is 7.64. The zero-order chi connectivity index (χ0) is 17.6. The number of halogens is 2. The lowest BCUT2D eigenvalue weighted by molar-refractivity contribution is 0.335. The Morgan fingerprint density at radius 3 is 2.44 bits per heavy atom. The minimum absolute atomic E-state index is 0. The molecule has 0 amide bonds. The van der Waals surface area contributed by atoms with Gasteiger partial charge in [0.2, 0.25) is 10.0 Å². The Labute approximate surface area is 160 Å². The van der Waals surface area contributed by atoms with E-state index in [0.717, 1.165) is 29.8 Å². The van der Waals surface area contributed by atoms with Crippen LogP contribution in [0.15, 0.2) is 47.4 Å². The van der Waals surface area contributed by atoms with Gasteiger partial charge in [0, 0.05) is 17.1 Å². The first-order chi connectivity index (χ1) is 11.4. The normalized spacial score (nSPS) is 11.0. The Morgan fingerprint density at radius 2 is 1.84 bits per heavy atom. The molecule has 0 radical (unpaired) electrons. The summed E-state index contributed by atoms with van der Waals surface area (Å²) >= 11 is 6.03. The summed E-state index contributed by atoms with van der Waals surface area (Å²) in [4.78, 5) is 0.125. The molecule has 0 atom stereocenters. The van der Waals surface area contributed by atoms with Crippen LogP contribution in [0.4, 0.5) is 0 Å². The van der Waals surface area contributed by atoms with Gasteiger partial charge < -0.3 is 10.1 Å². The number of hydrogen-bond acceptors (Lipinski definition) is 4. The third-order valence-electron chi connectivity index (χ3n) is 3.48. The highest BCUT2D eigenvalue weighted by Crippen LogP contribution is 2.22. The van der Waals surface area contributed by atoms with E-state index in [4.69, 9.17) is 21.5 Å². The van der Waals surface area contributed by atoms with E-state index in [0.29, 0.717) is 18.2 Å². The highest BCUT2D eigenvalue weighted by atomic mass is 35.5. The van der Waals surface area contributed by atoms with Crippen LogP contribution in [0.5, 0.6) is 5.75 Å². The summed E-state index contributed by atoms with van der Waals surface area (Å²) in [6, 6.07) is 12.2. The first kappa shape index (κ1) is 21.7. The summed E-state index contributed by atoms with van der Waals surface area (Å²) < 4.78 is 28.0. The average Bonchev–Trinajstić information content (AvgIpc) is 2.53. The van der Waals surface area contributed by atoms with Crippen LogP contribution in [0.1, 0.15) is 18.1 Å². The van der Waals surface area contributed by atoms with Crippen molar-refractivity contribution in [1.82, 2.24) is 5.32 Å². The van der Waals surface area contributed by atoms with Gasteiger partial charge in [-0.1, -0.05) is 23.7 Å². The van der Waals surface area contributed by atoms with E-state index in [-0.39, 0.29) is 17.3 Å². The third kappa shape index (κ3) is 6.84. The molecule has 0 fully saturated rings. The SMILES string of the molecule is CCOc1ccc(Cl)cc1CNCCc1ccc(S(N)(=O)=O)cc1.Cl. The molecule has 3 N–H and O–H groups in total. The Kier molecular flexibility index (Phi) is 8.68. The molecule has 0 bridgehead atoms. The van der Waals surface area contributed by atoms with Gasteiger partial charge in [-0.25, -0.2) is 13.6 Å². The van der Waals surface area contributed by atoms with Crippen molar-refractivity contribution in [2.45, 2.75) is 24.8 Å². The van der Waals surface area contributed by atoms with Crippen molar-refractivity contribution in [2.24, 2.45) is 5.14 Å². The van der Waals surface area contributed by atoms with Crippen LogP contribution < -0.4 is 15.2 Å². The molecule has 0 aliphatic rings. The van der Waals surface area contributed by atoms with Gasteiger partial charge in [0.25, 0.3) is 0 Å². The average molecular weight is 405 g/mol. The number of ether oxygens (including phenoxy) is 1. The lowest BCUT2D eigenvalue weighted by atomic mass is 10.1. The van der Waals surface area contributed by atoms with Gasteiger partial charge in [-0.05, 0) is 55.8 Å². The zero-order valence-electron chi connectivity index (χ0n) is 13.9. The summed E-state index contributed by atoms with van der Waals surface area (Å²) in [5, 5.41) is 9.10. The lowest BCUT2D eigenvalue weighted by Gasteiger charge is -2.11. The molecule has 5 nitrogen and oxygen atoms in total. The van der Waals surface area contributed by atoms with Crippen molar-refractivity contribution in [2.75, 3.05) is 13.2 Å². The van der Waals surface area contributed by atoms with E-state index in [2.05, 4.69) is 5.32 Å². The van der Waals surface area contributed by atoms with Crippen LogP contribution in [-0.4, -0.2) is 21.6 Å². The van der Waals surface area contributed by atoms with Gasteiger partial charge >= 0.3 is 0 Å². The summed E-state index contributed by atoms with van der Waals surface area (Å²) in [6.45, 7) is 3.93. The molecule has 2 aromatic rings. The number of primary sulfonamides is 1. The predicted octanol–water partition coefficient (Wildman–Crippen LogP) is 3.14. The fraction of sp³-hybridized carbons (Fsp3) is 0.294. The molecule has 8 heteroatoms. The summed E-state index contributed by atoms with van der Waals surface area (Å²) in [6.07, 6.45) is 0.773. The van der Waals surface area contributed by atoms with Gasteiger partial charge in [-0.2, -0.15) is 0 Å². The Morgan fingerprint density at radius 1 is 1.16 bits per heavy atom. The molecule has 0 aromatic heterocycles. The third-order valence-corrected chi connectivity index (χ3v) is 4.64. The van der Waals surface area contributed by atoms with Gasteiger partial charge in [0.15, 0.2) is 0 Å². The van der Waals surface area contributed by atoms with Crippen LogP contribution in [-0.2, 0) is 23.0 Å². The molecule has 25 heavy (non-hydrogen) atoms. The van der Waals surface area contributed by atoms with Gasteiger partial charge in [-0.15, -0.1) is 12.4 Å². The number of hydrogen-bond donors (Lipinski definition) is 2. The fourth-order valence-electron chi connectivity index (χ4n) is 2.28. The number of sulfonamides is 1. The van der Waals surface area contributed by atoms with Gasteiger partial charge in [0.1, 0.15) is 5.75 Å². The predicted molar refractivity (Wildman–Crippen MR) is 103 cm³/mol. The summed E-state index contributed by atoms with van der Waals surface area (Å²) in [7, 11) is -3.64. The van der Waals surface area contributed by atoms with Crippen LogP contribution in [0.3, 0.4) is 0 Å². The minimum atomic E-state index is -3.64. The Bertz CT molecular complexity index is 781. The largest absolute Gasteiger partial charge is 0.494 e. The zero-order valence-corrected chi connectivity index (χ0v) is 16.3. The molecule has 0 saturated carbocycles. The van der Waals surface area contributed by atoms with Crippen molar-refractivity contribution in [3.63, 3.8) is 0 Å². The van der Waals surface area contributed by atoms with Crippen LogP contribution in [0.25, 0.3) is 0 Å². The van der Waals surface area contributed by atoms with E-state index in [1.54, 1.807) is 12.1 Å². The highest BCUT2D eigenvalue weighted by Gasteiger charge is 2.07. The molecule has 138 valence electrons. The fourth-order valence-corrected chi connectivity index (χ4v) is 2.99. The maximum atomic E-state index is 11.2. The summed E-state index contributed by atoms with van der Waals surface area (Å²) in [5.41, 5.74) is 2.04. The molecule has 2 rings (SSSR count). The molecular formula is C17H22Cl2N2O3S. The highest BCUT2D eigenvalue weighted by molar-refractivity contribution is 7.89. The summed E-state index contributed by atoms with van der Waals surface area (Å²) in [5.74, 6) is 0.826. The molecule has 0 heterocycles. The van der Waals surface area contributed by atoms with Crippen LogP contribution in [0, 0.1) is 0 Å². The number of benzene rings is 2. The van der Waals surface area contributed by atoms with Crippen LogP contribution in [0.2, 0.25) is 5.02 Å². The standard InChI is InChI=1S/C17H21ClN2O3S.ClH/c1-2-23-17-8-5-15(18)11-14(17)12-20-10-9-13-3-6-16(7-4-13)24(19,21)22;/h3-8,11,20H,2,9-10,12H2,1H3,(H2,19,21,22);1H. The maximum Gasteiger partial charge on any atom is 0.238 e. The van der Waals surface area contributed by atoms with E-state index >= 15 is 0 Å². The van der Waals surface area contributed by atoms with Crippen molar-refractivity contribution >= 4 is 34.0 Å². The number of rotatable bonds is 8. The molecular weight excluding hydrogens is 383 g/mol.